The van der Waals surface area contributed by atoms with Gasteiger partial charge in [0.25, 0.3) is 11.1 Å². The number of hydrogen-bond acceptors (Lipinski definition) is 7. The summed E-state index contributed by atoms with van der Waals surface area (Å²) in [5, 5.41) is 0.686. The predicted molar refractivity (Wildman–Crippen MR) is 174 cm³/mol. The maximum atomic E-state index is 13.4. The lowest BCUT2D eigenvalue weighted by Crippen LogP contribution is -2.37. The molecule has 0 atom stereocenters. The van der Waals surface area contributed by atoms with Crippen LogP contribution in [0.4, 0.5) is 0 Å². The fourth-order valence-electron chi connectivity index (χ4n) is 6.10. The molecule has 0 N–H and O–H groups in total. The van der Waals surface area contributed by atoms with Crippen molar-refractivity contribution in [3.8, 4) is 22.9 Å². The fourth-order valence-corrected chi connectivity index (χ4v) is 6.10. The Kier molecular flexibility index (Phi) is 9.71. The standard InChI is InChI=1S/C33H43N7O4/c1-5-7-9-11-13-15-19-39-24-17-18-25-26(22(24)21-23-28(39)35-32(43)37(3)30(23)41)34-27-29(36-33(44)38(4)31(27)42)40(25)20-16-14-12-10-8-6-2/h17-18,21H,5-16,19-20H2,1-4H3. The molecule has 0 aromatic heterocycles. The van der Waals surface area contributed by atoms with E-state index in [1.807, 2.05) is 21.3 Å². The van der Waals surface area contributed by atoms with E-state index in [0.717, 1.165) is 58.7 Å². The van der Waals surface area contributed by atoms with Crippen LogP contribution in [-0.2, 0) is 27.2 Å². The molecule has 0 unspecified atom stereocenters. The van der Waals surface area contributed by atoms with Crippen molar-refractivity contribution in [1.82, 2.24) is 33.2 Å². The number of rotatable bonds is 14. The zero-order valence-electron chi connectivity index (χ0n) is 26.4. The lowest BCUT2D eigenvalue weighted by Gasteiger charge is -2.21. The molecule has 4 aliphatic rings. The van der Waals surface area contributed by atoms with E-state index >= 15 is 0 Å². The minimum atomic E-state index is -0.619. The minimum absolute atomic E-state index is 0.113. The topological polar surface area (TPSA) is 127 Å². The maximum Gasteiger partial charge on any atom is 0.352 e. The highest BCUT2D eigenvalue weighted by molar-refractivity contribution is 6.05. The highest BCUT2D eigenvalue weighted by Crippen LogP contribution is 2.32. The lowest BCUT2D eigenvalue weighted by atomic mass is 10.1. The average Bonchev–Trinajstić information content (AvgIpc) is 3.02. The number of fused-ring (bicyclic) bond motifs is 5. The molecular weight excluding hydrogens is 558 g/mol. The van der Waals surface area contributed by atoms with Crippen LogP contribution in [0, 0.1) is 0 Å². The van der Waals surface area contributed by atoms with Crippen LogP contribution in [0.3, 0.4) is 0 Å². The Morgan fingerprint density at radius 1 is 0.591 bits per heavy atom. The number of unbranched alkanes of at least 4 members (excludes halogenated alkanes) is 10. The van der Waals surface area contributed by atoms with Crippen molar-refractivity contribution in [1.29, 1.82) is 0 Å². The molecule has 234 valence electrons. The first kappa shape index (κ1) is 31.3. The van der Waals surface area contributed by atoms with Crippen molar-refractivity contribution >= 4 is 21.9 Å². The Bertz CT molecular complexity index is 1830. The molecule has 0 amide bonds. The van der Waals surface area contributed by atoms with E-state index in [1.165, 1.54) is 52.6 Å². The van der Waals surface area contributed by atoms with Crippen molar-refractivity contribution in [2.45, 2.75) is 104 Å². The molecule has 4 aliphatic heterocycles. The van der Waals surface area contributed by atoms with Gasteiger partial charge in [-0.15, -0.1) is 0 Å². The van der Waals surface area contributed by atoms with Crippen LogP contribution in [-0.4, -0.2) is 33.2 Å². The van der Waals surface area contributed by atoms with Crippen LogP contribution in [0.15, 0.2) is 37.4 Å². The van der Waals surface area contributed by atoms with E-state index in [4.69, 9.17) is 4.98 Å². The van der Waals surface area contributed by atoms with Crippen LogP contribution in [0.2, 0.25) is 0 Å². The third kappa shape index (κ3) is 5.96. The van der Waals surface area contributed by atoms with Gasteiger partial charge in [-0.3, -0.25) is 18.7 Å². The molecule has 5 rings (SSSR count). The summed E-state index contributed by atoms with van der Waals surface area (Å²) < 4.78 is 5.88. The van der Waals surface area contributed by atoms with Gasteiger partial charge in [0.2, 0.25) is 0 Å². The van der Waals surface area contributed by atoms with E-state index in [-0.39, 0.29) is 11.5 Å². The van der Waals surface area contributed by atoms with Crippen LogP contribution >= 0.6 is 0 Å². The SMILES string of the molecule is CCCCCCCCn1c2nc(=O)n(C)c(=O)c-2cc2c3nc4c(=O)n(C)c(=O)nc-4n(CCCCCCCC)c3ccc21. The van der Waals surface area contributed by atoms with Crippen molar-refractivity contribution in [3.05, 3.63) is 59.9 Å². The Labute approximate surface area is 255 Å². The molecule has 0 spiro atoms. The molecule has 11 nitrogen and oxygen atoms in total. The van der Waals surface area contributed by atoms with Gasteiger partial charge in [0, 0.05) is 32.6 Å². The first-order valence-corrected chi connectivity index (χ1v) is 16.1. The molecule has 1 aromatic rings. The highest BCUT2D eigenvalue weighted by Gasteiger charge is 2.24. The lowest BCUT2D eigenvalue weighted by molar-refractivity contribution is 0.560. The summed E-state index contributed by atoms with van der Waals surface area (Å²) >= 11 is 0. The van der Waals surface area contributed by atoms with Crippen molar-refractivity contribution in [2.75, 3.05) is 0 Å². The van der Waals surface area contributed by atoms with Gasteiger partial charge in [-0.1, -0.05) is 78.1 Å². The van der Waals surface area contributed by atoms with Gasteiger partial charge in [0.15, 0.2) is 17.3 Å². The monoisotopic (exact) mass is 601 g/mol. The summed E-state index contributed by atoms with van der Waals surface area (Å²) in [6, 6.07) is 5.64. The Hall–Kier alpha value is -4.15. The summed E-state index contributed by atoms with van der Waals surface area (Å²) in [6.07, 6.45) is 13.1. The summed E-state index contributed by atoms with van der Waals surface area (Å²) in [4.78, 5) is 65.4. The molecule has 1 aromatic carbocycles. The minimum Gasteiger partial charge on any atom is -0.325 e. The second kappa shape index (κ2) is 13.7. The number of aromatic nitrogens is 7. The van der Waals surface area contributed by atoms with E-state index in [2.05, 4.69) is 23.8 Å². The summed E-state index contributed by atoms with van der Waals surface area (Å²) in [7, 11) is 2.83. The zero-order valence-corrected chi connectivity index (χ0v) is 26.4. The Balaban J connectivity index is 1.74. The number of hydrogen-bond donors (Lipinski definition) is 0. The number of pyridine rings is 1. The third-order valence-electron chi connectivity index (χ3n) is 8.72. The predicted octanol–water partition coefficient (Wildman–Crippen LogP) is 4.83. The number of aryl methyl sites for hydroxylation is 2. The molecule has 0 fully saturated rings. The summed E-state index contributed by atoms with van der Waals surface area (Å²) in [6.45, 7) is 5.53. The first-order valence-electron chi connectivity index (χ1n) is 16.1. The van der Waals surface area contributed by atoms with E-state index < -0.39 is 22.5 Å². The summed E-state index contributed by atoms with van der Waals surface area (Å²) in [5.41, 5.74) is 0.344. The third-order valence-corrected chi connectivity index (χ3v) is 8.72. The van der Waals surface area contributed by atoms with Crippen LogP contribution in [0.1, 0.15) is 90.9 Å². The van der Waals surface area contributed by atoms with Gasteiger partial charge in [-0.2, -0.15) is 9.97 Å². The molecule has 0 aliphatic carbocycles. The molecule has 11 heteroatoms. The number of benzene rings is 1. The molecule has 4 heterocycles. The first-order chi connectivity index (χ1) is 21.3. The van der Waals surface area contributed by atoms with Gasteiger partial charge in [-0.25, -0.2) is 14.6 Å². The molecule has 0 bridgehead atoms. The zero-order chi connectivity index (χ0) is 31.4. The van der Waals surface area contributed by atoms with Crippen molar-refractivity contribution in [2.24, 2.45) is 14.1 Å². The largest absolute Gasteiger partial charge is 0.352 e. The van der Waals surface area contributed by atoms with Gasteiger partial charge in [-0.05, 0) is 31.0 Å². The van der Waals surface area contributed by atoms with Gasteiger partial charge >= 0.3 is 11.4 Å². The molecular formula is C33H43N7O4. The maximum absolute atomic E-state index is 13.4. The molecule has 0 saturated heterocycles. The second-order valence-corrected chi connectivity index (χ2v) is 11.9. The van der Waals surface area contributed by atoms with Crippen molar-refractivity contribution in [3.63, 3.8) is 0 Å². The van der Waals surface area contributed by atoms with Crippen LogP contribution < -0.4 is 22.5 Å². The van der Waals surface area contributed by atoms with E-state index in [0.29, 0.717) is 35.4 Å². The molecule has 44 heavy (non-hydrogen) atoms. The quantitative estimate of drug-likeness (QED) is 0.101. The molecule has 0 saturated carbocycles. The highest BCUT2D eigenvalue weighted by atomic mass is 16.2. The Morgan fingerprint density at radius 3 is 1.70 bits per heavy atom. The number of nitrogens with zero attached hydrogens (tertiary/aromatic N) is 7. The second-order valence-electron chi connectivity index (χ2n) is 11.9. The van der Waals surface area contributed by atoms with Gasteiger partial charge in [0.1, 0.15) is 0 Å². The van der Waals surface area contributed by atoms with Gasteiger partial charge < -0.3 is 9.13 Å². The smallest absolute Gasteiger partial charge is 0.325 e. The summed E-state index contributed by atoms with van der Waals surface area (Å²) in [5.74, 6) is 0.626. The van der Waals surface area contributed by atoms with Gasteiger partial charge in [0.05, 0.1) is 22.1 Å². The van der Waals surface area contributed by atoms with E-state index in [9.17, 15) is 19.2 Å². The normalized spacial score (nSPS) is 11.9. The fraction of sp³-hybridized carbons (Fsp3) is 0.545. The van der Waals surface area contributed by atoms with Crippen molar-refractivity contribution < 1.29 is 0 Å². The van der Waals surface area contributed by atoms with Crippen LogP contribution in [0.5, 0.6) is 0 Å². The Morgan fingerprint density at radius 2 is 1.09 bits per heavy atom. The van der Waals surface area contributed by atoms with E-state index in [1.54, 1.807) is 6.07 Å². The molecule has 0 radical (unpaired) electrons. The van der Waals surface area contributed by atoms with Crippen LogP contribution in [0.25, 0.3) is 44.8 Å². The average molecular weight is 602 g/mol.